The maximum absolute atomic E-state index is 10.1. The Morgan fingerprint density at radius 3 is 2.74 bits per heavy atom. The van der Waals surface area contributed by atoms with Gasteiger partial charge in [0.2, 0.25) is 0 Å². The van der Waals surface area contributed by atoms with Crippen LogP contribution in [0.25, 0.3) is 0 Å². The van der Waals surface area contributed by atoms with E-state index in [1.54, 1.807) is 6.07 Å². The summed E-state index contributed by atoms with van der Waals surface area (Å²) in [6.07, 6.45) is 17.8. The molecule has 0 amide bonds. The van der Waals surface area contributed by atoms with Gasteiger partial charge in [-0.15, -0.1) is 0 Å². The van der Waals surface area contributed by atoms with Crippen LogP contribution in [0.2, 0.25) is 0 Å². The zero-order chi connectivity index (χ0) is 18.9. The molecule has 3 aliphatic carbocycles. The first-order valence-electron chi connectivity index (χ1n) is 11.2. The summed E-state index contributed by atoms with van der Waals surface area (Å²) in [4.78, 5) is 0. The van der Waals surface area contributed by atoms with Gasteiger partial charge in [0.05, 0.1) is 0 Å². The number of phenols is 1. The summed E-state index contributed by atoms with van der Waals surface area (Å²) < 4.78 is 0. The topological polar surface area (TPSA) is 40.5 Å². The largest absolute Gasteiger partial charge is 0.508 e. The lowest BCUT2D eigenvalue weighted by molar-refractivity contribution is -0.00558. The monoisotopic (exact) mass is 368 g/mol. The van der Waals surface area contributed by atoms with E-state index in [2.05, 4.69) is 25.1 Å². The van der Waals surface area contributed by atoms with Crippen molar-refractivity contribution in [1.82, 2.24) is 0 Å². The molecule has 2 saturated carbocycles. The van der Waals surface area contributed by atoms with Gasteiger partial charge in [0.15, 0.2) is 0 Å². The van der Waals surface area contributed by atoms with E-state index < -0.39 is 0 Å². The zero-order valence-electron chi connectivity index (χ0n) is 16.9. The van der Waals surface area contributed by atoms with Gasteiger partial charge in [0.25, 0.3) is 0 Å². The van der Waals surface area contributed by atoms with Crippen LogP contribution in [0, 0.1) is 29.1 Å². The highest BCUT2D eigenvalue weighted by Gasteiger charge is 2.48. The third-order valence-electron chi connectivity index (χ3n) is 7.78. The van der Waals surface area contributed by atoms with Crippen LogP contribution in [0.5, 0.6) is 5.75 Å². The second-order valence-corrected chi connectivity index (χ2v) is 9.72. The summed E-state index contributed by atoms with van der Waals surface area (Å²) in [5, 5.41) is 19.4. The minimum atomic E-state index is 0.143. The van der Waals surface area contributed by atoms with Gasteiger partial charge in [-0.2, -0.15) is 0 Å². The van der Waals surface area contributed by atoms with Gasteiger partial charge >= 0.3 is 0 Å². The van der Waals surface area contributed by atoms with Crippen LogP contribution in [-0.4, -0.2) is 16.8 Å². The molecule has 1 aromatic carbocycles. The van der Waals surface area contributed by atoms with E-state index in [0.717, 1.165) is 35.7 Å². The highest BCUT2D eigenvalue weighted by Crippen LogP contribution is 2.57. The molecule has 2 nitrogen and oxygen atoms in total. The van der Waals surface area contributed by atoms with Crippen molar-refractivity contribution < 1.29 is 10.2 Å². The minimum absolute atomic E-state index is 0.143. The quantitative estimate of drug-likeness (QED) is 0.673. The fraction of sp³-hybridized carbons (Fsp3) is 0.680. The molecule has 0 aromatic heterocycles. The number of hydrogen-bond donors (Lipinski definition) is 2. The van der Waals surface area contributed by atoms with Gasteiger partial charge in [-0.3, -0.25) is 0 Å². The Labute approximate surface area is 164 Å². The van der Waals surface area contributed by atoms with Crippen LogP contribution in [0.3, 0.4) is 0 Å². The number of allylic oxidation sites excluding steroid dienone is 2. The number of benzene rings is 1. The number of aliphatic hydroxyl groups is 1. The number of fused-ring (bicyclic) bond motifs is 2. The van der Waals surface area contributed by atoms with Crippen molar-refractivity contribution in [2.45, 2.75) is 71.1 Å². The van der Waals surface area contributed by atoms with Crippen molar-refractivity contribution in [3.63, 3.8) is 0 Å². The molecule has 0 radical (unpaired) electrons. The number of aliphatic hydroxyl groups excluding tert-OH is 1. The molecule has 148 valence electrons. The average Bonchev–Trinajstić information content (AvgIpc) is 2.62. The Hall–Kier alpha value is -1.28. The summed E-state index contributed by atoms with van der Waals surface area (Å²) in [6.45, 7) is 2.58. The van der Waals surface area contributed by atoms with E-state index in [-0.39, 0.29) is 6.61 Å². The Balaban J connectivity index is 1.55. The molecule has 0 heterocycles. The Morgan fingerprint density at radius 1 is 1.07 bits per heavy atom. The van der Waals surface area contributed by atoms with Gasteiger partial charge in [-0.25, -0.2) is 0 Å². The van der Waals surface area contributed by atoms with Crippen molar-refractivity contribution in [1.29, 1.82) is 0 Å². The molecule has 2 fully saturated rings. The number of hydrogen-bond acceptors (Lipinski definition) is 2. The number of rotatable bonds is 4. The van der Waals surface area contributed by atoms with E-state index in [1.165, 1.54) is 56.9 Å². The predicted octanol–water partition coefficient (Wildman–Crippen LogP) is 5.66. The van der Waals surface area contributed by atoms with Crippen LogP contribution in [0.15, 0.2) is 30.4 Å². The first-order chi connectivity index (χ1) is 13.1. The van der Waals surface area contributed by atoms with E-state index in [1.807, 2.05) is 6.07 Å². The molecule has 27 heavy (non-hydrogen) atoms. The number of aromatic hydroxyl groups is 1. The van der Waals surface area contributed by atoms with Crippen LogP contribution < -0.4 is 0 Å². The molecule has 4 rings (SSSR count). The zero-order valence-corrected chi connectivity index (χ0v) is 16.9. The van der Waals surface area contributed by atoms with Crippen LogP contribution in [-0.2, 0) is 12.8 Å². The summed E-state index contributed by atoms with van der Waals surface area (Å²) >= 11 is 0. The molecule has 5 atom stereocenters. The molecule has 0 unspecified atom stereocenters. The normalized spacial score (nSPS) is 35.9. The van der Waals surface area contributed by atoms with Crippen LogP contribution in [0.4, 0.5) is 0 Å². The molecule has 0 bridgehead atoms. The second kappa shape index (κ2) is 7.99. The molecule has 3 aliphatic rings. The second-order valence-electron chi connectivity index (χ2n) is 9.72. The molecule has 0 aliphatic heterocycles. The molecule has 2 N–H and O–H groups in total. The van der Waals surface area contributed by atoms with Gasteiger partial charge in [-0.05, 0) is 104 Å². The van der Waals surface area contributed by atoms with E-state index in [0.29, 0.717) is 17.6 Å². The third-order valence-corrected chi connectivity index (χ3v) is 7.78. The SMILES string of the molecule is C[C@H]1CC=C[C@@]2(CCC[C@@H]3[C@@H](Cc4cc(O)cc(CCO)c4)CCC[C@@H]32)C1. The Bertz CT molecular complexity index is 679. The van der Waals surface area contributed by atoms with Crippen molar-refractivity contribution in [2.75, 3.05) is 6.61 Å². The van der Waals surface area contributed by atoms with E-state index in [4.69, 9.17) is 0 Å². The fourth-order valence-corrected chi connectivity index (χ4v) is 6.85. The predicted molar refractivity (Wildman–Crippen MR) is 111 cm³/mol. The Kier molecular flexibility index (Phi) is 5.64. The highest BCUT2D eigenvalue weighted by molar-refractivity contribution is 5.34. The average molecular weight is 369 g/mol. The first-order valence-corrected chi connectivity index (χ1v) is 11.2. The van der Waals surface area contributed by atoms with Gasteiger partial charge in [-0.1, -0.05) is 38.0 Å². The molecule has 1 spiro atoms. The van der Waals surface area contributed by atoms with Crippen molar-refractivity contribution in [2.24, 2.45) is 29.1 Å². The van der Waals surface area contributed by atoms with E-state index in [9.17, 15) is 10.2 Å². The maximum Gasteiger partial charge on any atom is 0.116 e. The minimum Gasteiger partial charge on any atom is -0.508 e. The summed E-state index contributed by atoms with van der Waals surface area (Å²) in [5.41, 5.74) is 2.79. The summed E-state index contributed by atoms with van der Waals surface area (Å²) in [7, 11) is 0. The molecular formula is C25H36O2. The van der Waals surface area contributed by atoms with Gasteiger partial charge < -0.3 is 10.2 Å². The summed E-state index contributed by atoms with van der Waals surface area (Å²) in [5.74, 6) is 3.63. The lowest BCUT2D eigenvalue weighted by Crippen LogP contribution is -2.45. The van der Waals surface area contributed by atoms with Gasteiger partial charge in [0.1, 0.15) is 5.75 Å². The lowest BCUT2D eigenvalue weighted by Gasteiger charge is -2.54. The Morgan fingerprint density at radius 2 is 1.93 bits per heavy atom. The van der Waals surface area contributed by atoms with Crippen LogP contribution >= 0.6 is 0 Å². The smallest absolute Gasteiger partial charge is 0.116 e. The van der Waals surface area contributed by atoms with Crippen molar-refractivity contribution >= 4 is 0 Å². The first kappa shape index (κ1) is 19.1. The lowest BCUT2D eigenvalue weighted by atomic mass is 9.51. The van der Waals surface area contributed by atoms with Crippen molar-refractivity contribution in [3.8, 4) is 5.75 Å². The fourth-order valence-electron chi connectivity index (χ4n) is 6.85. The van der Waals surface area contributed by atoms with Gasteiger partial charge in [0, 0.05) is 6.61 Å². The maximum atomic E-state index is 10.1. The number of phenolic OH excluding ortho intramolecular Hbond substituents is 1. The summed E-state index contributed by atoms with van der Waals surface area (Å²) in [6, 6.07) is 5.96. The molecule has 0 saturated heterocycles. The van der Waals surface area contributed by atoms with E-state index >= 15 is 0 Å². The highest BCUT2D eigenvalue weighted by atomic mass is 16.3. The molecular weight excluding hydrogens is 332 g/mol. The molecule has 1 aromatic rings. The third kappa shape index (κ3) is 3.97. The standard InChI is InChI=1S/C25H36O2/c1-18-5-3-10-25(17-18)11-4-7-23-21(6-2-8-24(23)25)14-20-13-19(9-12-26)15-22(27)16-20/h3,10,13,15-16,18,21,23-24,26-27H,2,4-9,11-12,14,17H2,1H3/t18-,21+,23+,24-,25+/m0/s1. The van der Waals surface area contributed by atoms with Crippen molar-refractivity contribution in [3.05, 3.63) is 41.5 Å². The molecule has 2 heteroatoms. The van der Waals surface area contributed by atoms with Crippen LogP contribution in [0.1, 0.15) is 69.4 Å².